The van der Waals surface area contributed by atoms with Gasteiger partial charge in [-0.05, 0) is 10.8 Å². The maximum Gasteiger partial charge on any atom is 0.176 e. The highest BCUT2D eigenvalue weighted by Gasteiger charge is 2.31. The topological polar surface area (TPSA) is 43.4 Å². The monoisotopic (exact) mass is 254 g/mol. The third kappa shape index (κ3) is 2.17. The highest BCUT2D eigenvalue weighted by molar-refractivity contribution is 6.16. The minimum Gasteiger partial charge on any atom is -0.380 e. The zero-order valence-electron chi connectivity index (χ0n) is 10.5. The maximum absolute atomic E-state index is 12.5. The first kappa shape index (κ1) is 12.1. The molecule has 1 heterocycles. The smallest absolute Gasteiger partial charge is 0.176 e. The van der Waals surface area contributed by atoms with Gasteiger partial charge in [-0.3, -0.25) is 9.59 Å². The molecule has 96 valence electrons. The second-order valence-corrected chi connectivity index (χ2v) is 4.73. The Balaban J connectivity index is 2.04. The van der Waals surface area contributed by atoms with Gasteiger partial charge < -0.3 is 4.74 Å². The molecule has 1 aliphatic rings. The molecule has 0 bridgehead atoms. The van der Waals surface area contributed by atoms with Crippen LogP contribution in [0.3, 0.4) is 0 Å². The third-order valence-corrected chi connectivity index (χ3v) is 3.54. The van der Waals surface area contributed by atoms with Gasteiger partial charge in [0, 0.05) is 12.0 Å². The van der Waals surface area contributed by atoms with E-state index >= 15 is 0 Å². The lowest BCUT2D eigenvalue weighted by Gasteiger charge is -2.20. The SMILES string of the molecule is O=C1CCOCC1C(=O)c1cccc2ccccc12. The van der Waals surface area contributed by atoms with Gasteiger partial charge in [0.05, 0.1) is 13.2 Å². The van der Waals surface area contributed by atoms with Gasteiger partial charge in [-0.25, -0.2) is 0 Å². The largest absolute Gasteiger partial charge is 0.380 e. The lowest BCUT2D eigenvalue weighted by molar-refractivity contribution is -0.128. The zero-order valence-corrected chi connectivity index (χ0v) is 10.5. The van der Waals surface area contributed by atoms with Crippen molar-refractivity contribution in [1.82, 2.24) is 0 Å². The molecule has 3 nitrogen and oxygen atoms in total. The number of benzene rings is 2. The van der Waals surface area contributed by atoms with Crippen molar-refractivity contribution in [3.8, 4) is 0 Å². The Morgan fingerprint density at radius 2 is 1.89 bits per heavy atom. The van der Waals surface area contributed by atoms with Crippen molar-refractivity contribution in [2.45, 2.75) is 6.42 Å². The molecule has 0 saturated carbocycles. The van der Waals surface area contributed by atoms with E-state index in [0.29, 0.717) is 18.6 Å². The van der Waals surface area contributed by atoms with Crippen molar-refractivity contribution in [3.63, 3.8) is 0 Å². The van der Waals surface area contributed by atoms with Crippen LogP contribution in [0.15, 0.2) is 42.5 Å². The van der Waals surface area contributed by atoms with E-state index in [1.54, 1.807) is 6.07 Å². The molecule has 19 heavy (non-hydrogen) atoms. The molecule has 1 atom stereocenters. The van der Waals surface area contributed by atoms with Crippen LogP contribution in [0.2, 0.25) is 0 Å². The number of ether oxygens (including phenoxy) is 1. The van der Waals surface area contributed by atoms with Gasteiger partial charge in [0.15, 0.2) is 5.78 Å². The fourth-order valence-corrected chi connectivity index (χ4v) is 2.49. The number of carbonyl (C=O) groups excluding carboxylic acids is 2. The second-order valence-electron chi connectivity index (χ2n) is 4.73. The summed E-state index contributed by atoms with van der Waals surface area (Å²) in [7, 11) is 0. The summed E-state index contributed by atoms with van der Waals surface area (Å²) in [6.07, 6.45) is 0.334. The lowest BCUT2D eigenvalue weighted by atomic mass is 9.89. The van der Waals surface area contributed by atoms with Gasteiger partial charge in [0.25, 0.3) is 0 Å². The molecule has 3 rings (SSSR count). The third-order valence-electron chi connectivity index (χ3n) is 3.54. The van der Waals surface area contributed by atoms with Crippen LogP contribution in [0.5, 0.6) is 0 Å². The van der Waals surface area contributed by atoms with Crippen molar-refractivity contribution >= 4 is 22.3 Å². The first-order valence-corrected chi connectivity index (χ1v) is 6.40. The number of ketones is 2. The lowest BCUT2D eigenvalue weighted by Crippen LogP contribution is -2.34. The average molecular weight is 254 g/mol. The van der Waals surface area contributed by atoms with Crippen molar-refractivity contribution in [2.24, 2.45) is 5.92 Å². The van der Waals surface area contributed by atoms with Crippen molar-refractivity contribution < 1.29 is 14.3 Å². The molecule has 1 unspecified atom stereocenters. The van der Waals surface area contributed by atoms with Crippen molar-refractivity contribution in [2.75, 3.05) is 13.2 Å². The van der Waals surface area contributed by atoms with Gasteiger partial charge >= 0.3 is 0 Å². The average Bonchev–Trinajstić information content (AvgIpc) is 2.46. The first-order chi connectivity index (χ1) is 9.27. The number of Topliss-reactive ketones (excluding diaryl/α,β-unsaturated/α-hetero) is 2. The van der Waals surface area contributed by atoms with Crippen LogP contribution >= 0.6 is 0 Å². The number of carbonyl (C=O) groups is 2. The number of fused-ring (bicyclic) bond motifs is 1. The summed E-state index contributed by atoms with van der Waals surface area (Å²) >= 11 is 0. The van der Waals surface area contributed by atoms with Gasteiger partial charge in [-0.2, -0.15) is 0 Å². The van der Waals surface area contributed by atoms with Crippen molar-refractivity contribution in [3.05, 3.63) is 48.0 Å². The minimum absolute atomic E-state index is 0.0100. The number of hydrogen-bond donors (Lipinski definition) is 0. The summed E-state index contributed by atoms with van der Waals surface area (Å²) in [6, 6.07) is 13.3. The van der Waals surface area contributed by atoms with E-state index in [1.807, 2.05) is 36.4 Å². The van der Waals surface area contributed by atoms with Crippen LogP contribution in [0, 0.1) is 5.92 Å². The predicted octanol–water partition coefficient (Wildman–Crippen LogP) is 2.63. The van der Waals surface area contributed by atoms with Gasteiger partial charge in [-0.15, -0.1) is 0 Å². The first-order valence-electron chi connectivity index (χ1n) is 6.40. The van der Waals surface area contributed by atoms with E-state index in [1.165, 1.54) is 0 Å². The van der Waals surface area contributed by atoms with Crippen molar-refractivity contribution in [1.29, 1.82) is 0 Å². The molecule has 0 N–H and O–H groups in total. The number of rotatable bonds is 2. The molecule has 0 aliphatic carbocycles. The summed E-state index contributed by atoms with van der Waals surface area (Å²) in [6.45, 7) is 0.638. The second kappa shape index (κ2) is 4.94. The summed E-state index contributed by atoms with van der Waals surface area (Å²) in [5, 5.41) is 1.91. The van der Waals surface area contributed by atoms with E-state index in [0.717, 1.165) is 10.8 Å². The van der Waals surface area contributed by atoms with Gasteiger partial charge in [-0.1, -0.05) is 42.5 Å². The maximum atomic E-state index is 12.5. The summed E-state index contributed by atoms with van der Waals surface area (Å²) in [5.74, 6) is -0.773. The Bertz CT molecular complexity index is 640. The van der Waals surface area contributed by atoms with Gasteiger partial charge in [0.1, 0.15) is 11.7 Å². The fraction of sp³-hybridized carbons (Fsp3) is 0.250. The van der Waals surface area contributed by atoms with Crippen LogP contribution < -0.4 is 0 Å². The normalized spacial score (nSPS) is 19.6. The number of hydrogen-bond acceptors (Lipinski definition) is 3. The summed E-state index contributed by atoms with van der Waals surface area (Å²) in [4.78, 5) is 24.4. The highest BCUT2D eigenvalue weighted by Crippen LogP contribution is 2.23. The van der Waals surface area contributed by atoms with E-state index in [-0.39, 0.29) is 18.2 Å². The highest BCUT2D eigenvalue weighted by atomic mass is 16.5. The Kier molecular flexibility index (Phi) is 3.13. The summed E-state index contributed by atoms with van der Waals surface area (Å²) in [5.41, 5.74) is 0.613. The Hall–Kier alpha value is -2.00. The molecule has 0 amide bonds. The molecule has 1 fully saturated rings. The molecule has 0 spiro atoms. The van der Waals surface area contributed by atoms with E-state index in [2.05, 4.69) is 0 Å². The predicted molar refractivity (Wildman–Crippen MR) is 72.2 cm³/mol. The molecule has 1 aliphatic heterocycles. The molecule has 3 heteroatoms. The molecular formula is C16H14O3. The minimum atomic E-state index is -0.639. The van der Waals surface area contributed by atoms with Crippen LogP contribution in [-0.4, -0.2) is 24.8 Å². The van der Waals surface area contributed by atoms with Crippen LogP contribution in [0.25, 0.3) is 10.8 Å². The van der Waals surface area contributed by atoms with E-state index in [9.17, 15) is 9.59 Å². The van der Waals surface area contributed by atoms with Crippen LogP contribution in [0.4, 0.5) is 0 Å². The van der Waals surface area contributed by atoms with Crippen LogP contribution in [0.1, 0.15) is 16.8 Å². The Labute approximate surface area is 111 Å². The molecule has 2 aromatic rings. The van der Waals surface area contributed by atoms with E-state index in [4.69, 9.17) is 4.74 Å². The molecule has 0 aromatic heterocycles. The molecule has 0 radical (unpaired) electrons. The Morgan fingerprint density at radius 3 is 2.74 bits per heavy atom. The molecule has 1 saturated heterocycles. The summed E-state index contributed by atoms with van der Waals surface area (Å²) < 4.78 is 5.27. The molecular weight excluding hydrogens is 240 g/mol. The quantitative estimate of drug-likeness (QED) is 0.611. The Morgan fingerprint density at radius 1 is 1.11 bits per heavy atom. The zero-order chi connectivity index (χ0) is 13.2. The van der Waals surface area contributed by atoms with E-state index < -0.39 is 5.92 Å². The van der Waals surface area contributed by atoms with Crippen LogP contribution in [-0.2, 0) is 9.53 Å². The molecule has 2 aromatic carbocycles. The standard InChI is InChI=1S/C16H14O3/c17-15-8-9-19-10-14(15)16(18)13-7-3-5-11-4-1-2-6-12(11)13/h1-7,14H,8-10H2. The van der Waals surface area contributed by atoms with Gasteiger partial charge in [0.2, 0.25) is 0 Å². The fourth-order valence-electron chi connectivity index (χ4n) is 2.49.